The number of pyridine rings is 1. The zero-order valence-electron chi connectivity index (χ0n) is 17.4. The maximum absolute atomic E-state index is 9.78. The minimum absolute atomic E-state index is 0.252. The minimum atomic E-state index is -0.252. The van der Waals surface area contributed by atoms with Crippen molar-refractivity contribution in [1.29, 1.82) is 5.26 Å². The third-order valence-corrected chi connectivity index (χ3v) is 5.71. The number of piperidine rings is 1. The number of rotatable bonds is 4. The molecule has 0 bridgehead atoms. The van der Waals surface area contributed by atoms with Crippen LogP contribution in [0.3, 0.4) is 0 Å². The smallest absolute Gasteiger partial charge is 0.163 e. The molecular formula is C25H22N6O. The van der Waals surface area contributed by atoms with E-state index in [0.717, 1.165) is 53.8 Å². The van der Waals surface area contributed by atoms with Gasteiger partial charge in [-0.3, -0.25) is 4.98 Å². The second-order valence-electron chi connectivity index (χ2n) is 7.84. The molecule has 2 N–H and O–H groups in total. The molecule has 1 aliphatic rings. The van der Waals surface area contributed by atoms with E-state index in [4.69, 9.17) is 9.97 Å². The topological polar surface area (TPSA) is 98.0 Å². The van der Waals surface area contributed by atoms with E-state index in [2.05, 4.69) is 21.3 Å². The Morgan fingerprint density at radius 2 is 1.88 bits per heavy atom. The Labute approximate surface area is 186 Å². The number of hydrogen-bond donors (Lipinski definition) is 2. The van der Waals surface area contributed by atoms with Crippen molar-refractivity contribution in [2.24, 2.45) is 0 Å². The fraction of sp³-hybridized carbons (Fsp3) is 0.200. The van der Waals surface area contributed by atoms with E-state index in [1.165, 1.54) is 0 Å². The van der Waals surface area contributed by atoms with Gasteiger partial charge in [-0.1, -0.05) is 12.1 Å². The largest absolute Gasteiger partial charge is 0.393 e. The van der Waals surface area contributed by atoms with Crippen LogP contribution in [0.5, 0.6) is 0 Å². The van der Waals surface area contributed by atoms with Crippen molar-refractivity contribution in [1.82, 2.24) is 15.0 Å². The second-order valence-corrected chi connectivity index (χ2v) is 7.84. The molecule has 1 fully saturated rings. The Morgan fingerprint density at radius 3 is 2.66 bits per heavy atom. The van der Waals surface area contributed by atoms with Crippen LogP contribution in [0.2, 0.25) is 0 Å². The van der Waals surface area contributed by atoms with Crippen molar-refractivity contribution in [2.75, 3.05) is 23.3 Å². The van der Waals surface area contributed by atoms with Crippen LogP contribution in [-0.4, -0.2) is 39.3 Å². The highest BCUT2D eigenvalue weighted by atomic mass is 16.3. The molecule has 0 atom stereocenters. The van der Waals surface area contributed by atoms with Crippen molar-refractivity contribution in [3.05, 3.63) is 72.6 Å². The van der Waals surface area contributed by atoms with Crippen molar-refractivity contribution >= 4 is 28.1 Å². The molecule has 1 saturated heterocycles. The van der Waals surface area contributed by atoms with Gasteiger partial charge < -0.3 is 15.3 Å². The van der Waals surface area contributed by atoms with Crippen LogP contribution in [0.25, 0.3) is 22.3 Å². The van der Waals surface area contributed by atoms with Crippen molar-refractivity contribution in [2.45, 2.75) is 18.9 Å². The average Bonchev–Trinajstić information content (AvgIpc) is 2.85. The van der Waals surface area contributed by atoms with Crippen LogP contribution >= 0.6 is 0 Å². The molecule has 4 aromatic rings. The van der Waals surface area contributed by atoms with Crippen LogP contribution in [0.1, 0.15) is 18.4 Å². The molecule has 0 radical (unpaired) electrons. The molecule has 2 aromatic heterocycles. The number of aliphatic hydroxyl groups excluding tert-OH is 1. The quantitative estimate of drug-likeness (QED) is 0.507. The standard InChI is InChI=1S/C25H22N6O/c26-15-18-14-19(7-8-23(18)31-12-9-20(32)10-13-31)28-25-21-5-1-2-6-22(21)29-24(30-25)17-4-3-11-27-16-17/h1-8,11,14,16,20,32H,9-10,12-13H2,(H,28,29,30). The first-order valence-corrected chi connectivity index (χ1v) is 10.6. The predicted molar refractivity (Wildman–Crippen MR) is 125 cm³/mol. The minimum Gasteiger partial charge on any atom is -0.393 e. The van der Waals surface area contributed by atoms with Gasteiger partial charge in [0.25, 0.3) is 0 Å². The summed E-state index contributed by atoms with van der Waals surface area (Å²) in [4.78, 5) is 15.8. The van der Waals surface area contributed by atoms with Crippen LogP contribution < -0.4 is 10.2 Å². The molecule has 7 nitrogen and oxygen atoms in total. The molecule has 1 aliphatic heterocycles. The lowest BCUT2D eigenvalue weighted by Crippen LogP contribution is -2.36. The number of benzene rings is 2. The summed E-state index contributed by atoms with van der Waals surface area (Å²) in [6.07, 6.45) is 4.64. The molecule has 0 spiro atoms. The molecule has 5 rings (SSSR count). The van der Waals surface area contributed by atoms with E-state index in [1.54, 1.807) is 12.4 Å². The highest BCUT2D eigenvalue weighted by molar-refractivity contribution is 5.92. The number of fused-ring (bicyclic) bond motifs is 1. The molecule has 32 heavy (non-hydrogen) atoms. The van der Waals surface area contributed by atoms with E-state index in [9.17, 15) is 10.4 Å². The molecule has 7 heteroatoms. The number of anilines is 3. The fourth-order valence-corrected chi connectivity index (χ4v) is 4.02. The Kier molecular flexibility index (Phi) is 5.36. The second kappa shape index (κ2) is 8.61. The number of nitriles is 1. The fourth-order valence-electron chi connectivity index (χ4n) is 4.02. The van der Waals surface area contributed by atoms with Gasteiger partial charge in [-0.2, -0.15) is 5.26 Å². The highest BCUT2D eigenvalue weighted by Gasteiger charge is 2.20. The first-order valence-electron chi connectivity index (χ1n) is 10.6. The Bertz CT molecular complexity index is 1290. The van der Waals surface area contributed by atoms with Gasteiger partial charge in [0.15, 0.2) is 5.82 Å². The predicted octanol–water partition coefficient (Wildman–Crippen LogP) is 4.27. The van der Waals surface area contributed by atoms with Crippen LogP contribution in [0.4, 0.5) is 17.2 Å². The van der Waals surface area contributed by atoms with E-state index < -0.39 is 0 Å². The van der Waals surface area contributed by atoms with E-state index in [-0.39, 0.29) is 6.10 Å². The van der Waals surface area contributed by atoms with Gasteiger partial charge in [0.05, 0.1) is 22.9 Å². The van der Waals surface area contributed by atoms with Gasteiger partial charge in [0.1, 0.15) is 11.9 Å². The molecular weight excluding hydrogens is 400 g/mol. The number of para-hydroxylation sites is 1. The lowest BCUT2D eigenvalue weighted by atomic mass is 10.0. The summed E-state index contributed by atoms with van der Waals surface area (Å²) in [6, 6.07) is 19.7. The summed E-state index contributed by atoms with van der Waals surface area (Å²) in [5.74, 6) is 1.26. The van der Waals surface area contributed by atoms with E-state index >= 15 is 0 Å². The van der Waals surface area contributed by atoms with Gasteiger partial charge in [-0.15, -0.1) is 0 Å². The van der Waals surface area contributed by atoms with E-state index in [0.29, 0.717) is 17.2 Å². The molecule has 0 amide bonds. The SMILES string of the molecule is N#Cc1cc(Nc2nc(-c3cccnc3)nc3ccccc23)ccc1N1CCC(O)CC1. The summed E-state index contributed by atoms with van der Waals surface area (Å²) in [5, 5.41) is 23.8. The summed E-state index contributed by atoms with van der Waals surface area (Å²) >= 11 is 0. The summed E-state index contributed by atoms with van der Waals surface area (Å²) < 4.78 is 0. The number of hydrogen-bond acceptors (Lipinski definition) is 7. The maximum Gasteiger partial charge on any atom is 0.163 e. The Morgan fingerprint density at radius 1 is 1.03 bits per heavy atom. The zero-order chi connectivity index (χ0) is 21.9. The Hall–Kier alpha value is -4.02. The maximum atomic E-state index is 9.78. The van der Waals surface area contributed by atoms with Gasteiger partial charge >= 0.3 is 0 Å². The normalized spacial score (nSPS) is 14.3. The lowest BCUT2D eigenvalue weighted by Gasteiger charge is -2.32. The third kappa shape index (κ3) is 3.96. The Balaban J connectivity index is 1.51. The van der Waals surface area contributed by atoms with Crippen molar-refractivity contribution in [3.8, 4) is 17.5 Å². The highest BCUT2D eigenvalue weighted by Crippen LogP contribution is 2.30. The lowest BCUT2D eigenvalue weighted by molar-refractivity contribution is 0.145. The number of aromatic nitrogens is 3. The van der Waals surface area contributed by atoms with Crippen LogP contribution in [-0.2, 0) is 0 Å². The third-order valence-electron chi connectivity index (χ3n) is 5.71. The monoisotopic (exact) mass is 422 g/mol. The number of aliphatic hydroxyl groups is 1. The van der Waals surface area contributed by atoms with Crippen molar-refractivity contribution in [3.63, 3.8) is 0 Å². The van der Waals surface area contributed by atoms with Crippen LogP contribution in [0.15, 0.2) is 67.0 Å². The summed E-state index contributed by atoms with van der Waals surface area (Å²) in [5.41, 5.74) is 3.93. The van der Waals surface area contributed by atoms with E-state index in [1.807, 2.05) is 54.6 Å². The molecule has 2 aromatic carbocycles. The molecule has 3 heterocycles. The molecule has 158 valence electrons. The van der Waals surface area contributed by atoms with Crippen LogP contribution in [0, 0.1) is 11.3 Å². The van der Waals surface area contributed by atoms with Crippen molar-refractivity contribution < 1.29 is 5.11 Å². The first-order chi connectivity index (χ1) is 15.7. The average molecular weight is 422 g/mol. The molecule has 0 aliphatic carbocycles. The summed E-state index contributed by atoms with van der Waals surface area (Å²) in [6.45, 7) is 1.49. The van der Waals surface area contributed by atoms with Gasteiger partial charge in [-0.05, 0) is 55.3 Å². The van der Waals surface area contributed by atoms with Gasteiger partial charge in [-0.25, -0.2) is 9.97 Å². The number of nitrogens with zero attached hydrogens (tertiary/aromatic N) is 5. The first kappa shape index (κ1) is 19.9. The summed E-state index contributed by atoms with van der Waals surface area (Å²) in [7, 11) is 0. The zero-order valence-corrected chi connectivity index (χ0v) is 17.4. The van der Waals surface area contributed by atoms with Gasteiger partial charge in [0.2, 0.25) is 0 Å². The molecule has 0 unspecified atom stereocenters. The van der Waals surface area contributed by atoms with Gasteiger partial charge in [0, 0.05) is 42.1 Å². The molecule has 0 saturated carbocycles. The number of nitrogens with one attached hydrogen (secondary N) is 1.